The molecule has 0 fully saturated rings. The van der Waals surface area contributed by atoms with E-state index in [4.69, 9.17) is 9.84 Å². The van der Waals surface area contributed by atoms with Crippen LogP contribution in [0.5, 0.6) is 5.75 Å². The van der Waals surface area contributed by atoms with E-state index in [0.717, 1.165) is 16.3 Å². The maximum atomic E-state index is 11.8. The van der Waals surface area contributed by atoms with Crippen LogP contribution in [0.4, 0.5) is 0 Å². The van der Waals surface area contributed by atoms with Gasteiger partial charge < -0.3 is 15.2 Å². The number of carbonyl (C=O) groups is 2. The van der Waals surface area contributed by atoms with Crippen molar-refractivity contribution in [2.45, 2.75) is 26.3 Å². The summed E-state index contributed by atoms with van der Waals surface area (Å²) in [5.74, 6) is -0.987. The fraction of sp³-hybridized carbons (Fsp3) is 0.312. The molecule has 0 saturated heterocycles. The van der Waals surface area contributed by atoms with Crippen LogP contribution in [0.2, 0.25) is 0 Å². The SMILES string of the molecule is CCC(NC(=O)COc1ccccc1-c1csc(C)n1)C(=O)O. The van der Waals surface area contributed by atoms with Crippen molar-refractivity contribution in [2.75, 3.05) is 6.61 Å². The molecule has 1 aromatic carbocycles. The van der Waals surface area contributed by atoms with Gasteiger partial charge in [0.05, 0.1) is 10.7 Å². The maximum absolute atomic E-state index is 11.8. The molecule has 0 aliphatic carbocycles. The number of rotatable bonds is 7. The summed E-state index contributed by atoms with van der Waals surface area (Å²) < 4.78 is 5.55. The van der Waals surface area contributed by atoms with Crippen molar-refractivity contribution in [1.29, 1.82) is 0 Å². The lowest BCUT2D eigenvalue weighted by atomic mass is 10.1. The number of benzene rings is 1. The van der Waals surface area contributed by atoms with Gasteiger partial charge >= 0.3 is 5.97 Å². The zero-order valence-corrected chi connectivity index (χ0v) is 13.7. The lowest BCUT2D eigenvalue weighted by molar-refractivity contribution is -0.142. The van der Waals surface area contributed by atoms with E-state index < -0.39 is 17.9 Å². The number of carboxylic acids is 1. The summed E-state index contributed by atoms with van der Waals surface area (Å²) >= 11 is 1.54. The highest BCUT2D eigenvalue weighted by atomic mass is 32.1. The van der Waals surface area contributed by atoms with Gasteiger partial charge in [0, 0.05) is 10.9 Å². The van der Waals surface area contributed by atoms with E-state index in [1.807, 2.05) is 30.5 Å². The van der Waals surface area contributed by atoms with Crippen LogP contribution >= 0.6 is 11.3 Å². The van der Waals surface area contributed by atoms with Gasteiger partial charge in [-0.2, -0.15) is 0 Å². The van der Waals surface area contributed by atoms with E-state index >= 15 is 0 Å². The number of nitrogens with one attached hydrogen (secondary N) is 1. The van der Waals surface area contributed by atoms with Crippen molar-refractivity contribution in [3.05, 3.63) is 34.7 Å². The summed E-state index contributed by atoms with van der Waals surface area (Å²) in [5.41, 5.74) is 1.59. The summed E-state index contributed by atoms with van der Waals surface area (Å²) in [6.07, 6.45) is 0.315. The second kappa shape index (κ2) is 7.73. The van der Waals surface area contributed by atoms with Crippen molar-refractivity contribution in [2.24, 2.45) is 0 Å². The zero-order valence-electron chi connectivity index (χ0n) is 12.9. The molecule has 1 amide bonds. The molecule has 23 heavy (non-hydrogen) atoms. The van der Waals surface area contributed by atoms with Crippen LogP contribution in [0.25, 0.3) is 11.3 Å². The van der Waals surface area contributed by atoms with E-state index in [2.05, 4.69) is 10.3 Å². The Bertz CT molecular complexity index is 699. The summed E-state index contributed by atoms with van der Waals surface area (Å²) in [5, 5.41) is 14.2. The third-order valence-electron chi connectivity index (χ3n) is 3.18. The minimum Gasteiger partial charge on any atom is -0.483 e. The fourth-order valence-electron chi connectivity index (χ4n) is 2.01. The molecule has 1 unspecified atom stereocenters. The largest absolute Gasteiger partial charge is 0.483 e. The number of hydrogen-bond donors (Lipinski definition) is 2. The quantitative estimate of drug-likeness (QED) is 0.812. The molecule has 0 aliphatic heterocycles. The van der Waals surface area contributed by atoms with Crippen molar-refractivity contribution < 1.29 is 19.4 Å². The molecule has 2 rings (SSSR count). The van der Waals surface area contributed by atoms with Gasteiger partial charge in [0.15, 0.2) is 6.61 Å². The minimum absolute atomic E-state index is 0.246. The molecule has 1 atom stereocenters. The van der Waals surface area contributed by atoms with Gasteiger partial charge in [-0.15, -0.1) is 11.3 Å². The minimum atomic E-state index is -1.06. The van der Waals surface area contributed by atoms with E-state index in [-0.39, 0.29) is 6.61 Å². The van der Waals surface area contributed by atoms with Gasteiger partial charge in [-0.05, 0) is 25.5 Å². The summed E-state index contributed by atoms with van der Waals surface area (Å²) in [6, 6.07) is 6.40. The van der Waals surface area contributed by atoms with Gasteiger partial charge in [-0.25, -0.2) is 9.78 Å². The molecular weight excluding hydrogens is 316 g/mol. The number of nitrogens with zero attached hydrogens (tertiary/aromatic N) is 1. The summed E-state index contributed by atoms with van der Waals surface area (Å²) in [6.45, 7) is 3.37. The predicted molar refractivity (Wildman–Crippen MR) is 87.6 cm³/mol. The first-order valence-electron chi connectivity index (χ1n) is 7.17. The highest BCUT2D eigenvalue weighted by molar-refractivity contribution is 7.09. The molecule has 1 heterocycles. The summed E-state index contributed by atoms with van der Waals surface area (Å²) in [7, 11) is 0. The number of carboxylic acid groups (broad SMARTS) is 1. The Morgan fingerprint density at radius 1 is 1.39 bits per heavy atom. The molecule has 0 saturated carbocycles. The number of aryl methyl sites for hydroxylation is 1. The molecule has 0 bridgehead atoms. The topological polar surface area (TPSA) is 88.5 Å². The number of hydrogen-bond acceptors (Lipinski definition) is 5. The predicted octanol–water partition coefficient (Wildman–Crippen LogP) is 2.48. The number of para-hydroxylation sites is 1. The number of aromatic nitrogens is 1. The van der Waals surface area contributed by atoms with Crippen LogP contribution in [-0.2, 0) is 9.59 Å². The molecule has 7 heteroatoms. The number of aliphatic carboxylic acids is 1. The Kier molecular flexibility index (Phi) is 5.70. The van der Waals surface area contributed by atoms with Crippen LogP contribution in [0.15, 0.2) is 29.6 Å². The van der Waals surface area contributed by atoms with Crippen LogP contribution in [0.3, 0.4) is 0 Å². The van der Waals surface area contributed by atoms with Crippen molar-refractivity contribution in [3.63, 3.8) is 0 Å². The number of ether oxygens (including phenoxy) is 1. The van der Waals surface area contributed by atoms with Crippen molar-refractivity contribution in [1.82, 2.24) is 10.3 Å². The van der Waals surface area contributed by atoms with E-state index in [0.29, 0.717) is 12.2 Å². The number of carbonyl (C=O) groups excluding carboxylic acids is 1. The molecule has 1 aromatic heterocycles. The lowest BCUT2D eigenvalue weighted by Crippen LogP contribution is -2.42. The highest BCUT2D eigenvalue weighted by Gasteiger charge is 2.18. The normalized spacial score (nSPS) is 11.7. The Morgan fingerprint density at radius 2 is 2.13 bits per heavy atom. The molecule has 0 spiro atoms. The van der Waals surface area contributed by atoms with Crippen molar-refractivity contribution in [3.8, 4) is 17.0 Å². The summed E-state index contributed by atoms with van der Waals surface area (Å²) in [4.78, 5) is 27.2. The van der Waals surface area contributed by atoms with Gasteiger partial charge in [0.1, 0.15) is 11.8 Å². The second-order valence-electron chi connectivity index (χ2n) is 4.90. The monoisotopic (exact) mass is 334 g/mol. The Balaban J connectivity index is 2.04. The average molecular weight is 334 g/mol. The molecule has 6 nitrogen and oxygen atoms in total. The van der Waals surface area contributed by atoms with Gasteiger partial charge in [-0.3, -0.25) is 4.79 Å². The highest BCUT2D eigenvalue weighted by Crippen LogP contribution is 2.30. The van der Waals surface area contributed by atoms with Gasteiger partial charge in [0.2, 0.25) is 0 Å². The number of thiazole rings is 1. The molecule has 0 aliphatic rings. The third-order valence-corrected chi connectivity index (χ3v) is 3.96. The first kappa shape index (κ1) is 17.0. The molecule has 122 valence electrons. The van der Waals surface area contributed by atoms with Crippen LogP contribution in [0.1, 0.15) is 18.4 Å². The average Bonchev–Trinajstić information content (AvgIpc) is 2.97. The number of amides is 1. The van der Waals surface area contributed by atoms with Crippen LogP contribution < -0.4 is 10.1 Å². The lowest BCUT2D eigenvalue weighted by Gasteiger charge is -2.14. The van der Waals surface area contributed by atoms with Crippen LogP contribution in [-0.4, -0.2) is 34.6 Å². The third kappa shape index (κ3) is 4.53. The molecule has 2 N–H and O–H groups in total. The maximum Gasteiger partial charge on any atom is 0.326 e. The Morgan fingerprint density at radius 3 is 2.74 bits per heavy atom. The molecule has 2 aromatic rings. The Hall–Kier alpha value is -2.41. The molecule has 0 radical (unpaired) electrons. The van der Waals surface area contributed by atoms with E-state index in [1.165, 1.54) is 11.3 Å². The first-order valence-corrected chi connectivity index (χ1v) is 8.05. The molecular formula is C16H18N2O4S. The standard InChI is InChI=1S/C16H18N2O4S/c1-3-12(16(20)21)18-15(19)8-22-14-7-5-4-6-11(14)13-9-23-10(2)17-13/h4-7,9,12H,3,8H2,1-2H3,(H,18,19)(H,20,21). The van der Waals surface area contributed by atoms with Crippen molar-refractivity contribution >= 4 is 23.2 Å². The van der Waals surface area contributed by atoms with Crippen LogP contribution in [0, 0.1) is 6.92 Å². The first-order chi connectivity index (χ1) is 11.0. The zero-order chi connectivity index (χ0) is 16.8. The van der Waals surface area contributed by atoms with E-state index in [9.17, 15) is 9.59 Å². The second-order valence-corrected chi connectivity index (χ2v) is 5.97. The Labute approximate surface area is 138 Å². The fourth-order valence-corrected chi connectivity index (χ4v) is 2.62. The van der Waals surface area contributed by atoms with Gasteiger partial charge in [-0.1, -0.05) is 19.1 Å². The van der Waals surface area contributed by atoms with Gasteiger partial charge in [0.25, 0.3) is 5.91 Å². The van der Waals surface area contributed by atoms with E-state index in [1.54, 1.807) is 13.0 Å². The smallest absolute Gasteiger partial charge is 0.326 e.